The number of allylic oxidation sites excluding steroid dienone is 6. The van der Waals surface area contributed by atoms with Gasteiger partial charge in [0.1, 0.15) is 19.3 Å². The molecule has 0 aliphatic carbocycles. The Morgan fingerprint density at radius 3 is 1.22 bits per heavy atom. The first kappa shape index (κ1) is 65.7. The molecule has 0 fully saturated rings. The molecule has 0 bridgehead atoms. The van der Waals surface area contributed by atoms with Crippen LogP contribution in [-0.2, 0) is 27.9 Å². The Hall–Kier alpha value is -1.28. The van der Waals surface area contributed by atoms with Gasteiger partial charge in [-0.2, -0.15) is 0 Å². The Morgan fingerprint density at radius 2 is 0.821 bits per heavy atom. The second kappa shape index (κ2) is 51.1. The molecule has 0 heterocycles. The van der Waals surface area contributed by atoms with Gasteiger partial charge < -0.3 is 18.9 Å². The second-order valence-corrected chi connectivity index (χ2v) is 22.1. The molecular formula is C58H113NO7P+. The van der Waals surface area contributed by atoms with Gasteiger partial charge in [-0.25, -0.2) is 4.57 Å². The summed E-state index contributed by atoms with van der Waals surface area (Å²) in [6, 6.07) is 0. The zero-order valence-corrected chi connectivity index (χ0v) is 46.0. The number of rotatable bonds is 54. The number of hydrogen-bond donors (Lipinski definition) is 1. The van der Waals surface area contributed by atoms with Crippen LogP contribution in [0.1, 0.15) is 271 Å². The molecule has 0 aromatic heterocycles. The average molecular weight is 968 g/mol. The van der Waals surface area contributed by atoms with Gasteiger partial charge in [-0.1, -0.05) is 249 Å². The predicted molar refractivity (Wildman–Crippen MR) is 289 cm³/mol. The third-order valence-electron chi connectivity index (χ3n) is 12.7. The standard InChI is InChI=1S/C58H112NO7P/c1-6-8-10-12-14-16-18-20-22-24-26-28-29-30-32-34-36-38-40-42-44-46-48-50-53-63-55-57(56-65-67(61,62)64-54-52-59(3,4)5)66-58(60)51-49-47-45-43-41-39-37-35-33-31-27-25-23-21-19-17-15-13-11-9-7-2/h18,20,24,26,29-30,57H,6-17,19,21-23,25,27-28,31-56H2,1-5H3/p+1/b20-18-,26-24-,30-29-. The molecule has 2 atom stereocenters. The summed E-state index contributed by atoms with van der Waals surface area (Å²) in [7, 11) is 1.67. The van der Waals surface area contributed by atoms with Gasteiger partial charge in [-0.05, 0) is 51.4 Å². The molecule has 0 amide bonds. The van der Waals surface area contributed by atoms with Crippen LogP contribution < -0.4 is 0 Å². The Balaban J connectivity index is 4.07. The number of likely N-dealkylation sites (N-methyl/N-ethyl adjacent to an activating group) is 1. The molecule has 0 aliphatic heterocycles. The highest BCUT2D eigenvalue weighted by Gasteiger charge is 2.26. The number of phosphoric ester groups is 1. The normalized spacial score (nSPS) is 13.7. The van der Waals surface area contributed by atoms with Crippen molar-refractivity contribution in [1.29, 1.82) is 0 Å². The van der Waals surface area contributed by atoms with E-state index in [2.05, 4.69) is 50.3 Å². The number of quaternary nitrogens is 1. The highest BCUT2D eigenvalue weighted by Crippen LogP contribution is 2.43. The van der Waals surface area contributed by atoms with Crippen LogP contribution in [0.25, 0.3) is 0 Å². The highest BCUT2D eigenvalue weighted by atomic mass is 31.2. The number of carbonyl (C=O) groups excluding carboxylic acids is 1. The molecule has 0 aromatic rings. The highest BCUT2D eigenvalue weighted by molar-refractivity contribution is 7.47. The molecule has 8 nitrogen and oxygen atoms in total. The number of phosphoric acid groups is 1. The minimum absolute atomic E-state index is 0.0889. The zero-order valence-electron chi connectivity index (χ0n) is 45.2. The van der Waals surface area contributed by atoms with Gasteiger partial charge in [0.25, 0.3) is 0 Å². The number of esters is 1. The van der Waals surface area contributed by atoms with E-state index in [9.17, 15) is 14.3 Å². The van der Waals surface area contributed by atoms with Crippen LogP contribution in [0, 0.1) is 0 Å². The number of nitrogens with zero attached hydrogens (tertiary/aromatic N) is 1. The van der Waals surface area contributed by atoms with E-state index in [0.717, 1.165) is 44.9 Å². The number of ether oxygens (including phenoxy) is 2. The maximum absolute atomic E-state index is 12.8. The van der Waals surface area contributed by atoms with Crippen molar-refractivity contribution in [3.8, 4) is 0 Å². The molecule has 0 aromatic carbocycles. The molecule has 0 rings (SSSR count). The van der Waals surface area contributed by atoms with E-state index >= 15 is 0 Å². The number of hydrogen-bond acceptors (Lipinski definition) is 6. The van der Waals surface area contributed by atoms with E-state index in [0.29, 0.717) is 24.1 Å². The van der Waals surface area contributed by atoms with Crippen LogP contribution in [-0.4, -0.2) is 75.6 Å². The summed E-state index contributed by atoms with van der Waals surface area (Å²) in [6.45, 7) is 5.65. The molecule has 1 N–H and O–H groups in total. The van der Waals surface area contributed by atoms with Crippen LogP contribution in [0.4, 0.5) is 0 Å². The van der Waals surface area contributed by atoms with Crippen molar-refractivity contribution in [3.63, 3.8) is 0 Å². The Labute approximate surface area is 416 Å². The summed E-state index contributed by atoms with van der Waals surface area (Å²) in [4.78, 5) is 23.1. The Bertz CT molecular complexity index is 1170. The van der Waals surface area contributed by atoms with Crippen LogP contribution in [0.5, 0.6) is 0 Å². The fourth-order valence-electron chi connectivity index (χ4n) is 8.27. The van der Waals surface area contributed by atoms with Crippen molar-refractivity contribution in [1.82, 2.24) is 0 Å². The summed E-state index contributed by atoms with van der Waals surface area (Å²) in [5.74, 6) is -0.310. The van der Waals surface area contributed by atoms with Crippen LogP contribution in [0.15, 0.2) is 36.5 Å². The molecule has 9 heteroatoms. The first-order valence-corrected chi connectivity index (χ1v) is 30.2. The summed E-state index contributed by atoms with van der Waals surface area (Å²) in [5, 5.41) is 0. The van der Waals surface area contributed by atoms with Crippen LogP contribution in [0.2, 0.25) is 0 Å². The van der Waals surface area contributed by atoms with Crippen molar-refractivity contribution < 1.29 is 37.3 Å². The molecule has 0 radical (unpaired) electrons. The van der Waals surface area contributed by atoms with E-state index < -0.39 is 13.9 Å². The van der Waals surface area contributed by atoms with Crippen molar-refractivity contribution in [2.24, 2.45) is 0 Å². The van der Waals surface area contributed by atoms with E-state index in [1.165, 1.54) is 205 Å². The van der Waals surface area contributed by atoms with Gasteiger partial charge in [0.2, 0.25) is 0 Å². The Morgan fingerprint density at radius 1 is 0.463 bits per heavy atom. The Kier molecular flexibility index (Phi) is 50.1. The monoisotopic (exact) mass is 967 g/mol. The molecule has 2 unspecified atom stereocenters. The van der Waals surface area contributed by atoms with Crippen molar-refractivity contribution >= 4 is 13.8 Å². The molecule has 0 saturated carbocycles. The van der Waals surface area contributed by atoms with Gasteiger partial charge in [-0.3, -0.25) is 13.8 Å². The van der Waals surface area contributed by atoms with Crippen molar-refractivity contribution in [3.05, 3.63) is 36.5 Å². The van der Waals surface area contributed by atoms with Crippen LogP contribution in [0.3, 0.4) is 0 Å². The lowest BCUT2D eigenvalue weighted by Gasteiger charge is -2.24. The second-order valence-electron chi connectivity index (χ2n) is 20.7. The zero-order chi connectivity index (χ0) is 49.0. The predicted octanol–water partition coefficient (Wildman–Crippen LogP) is 18.1. The maximum atomic E-state index is 12.8. The molecular weight excluding hydrogens is 854 g/mol. The maximum Gasteiger partial charge on any atom is 0.472 e. The topological polar surface area (TPSA) is 91.3 Å². The summed E-state index contributed by atoms with van der Waals surface area (Å²) < 4.78 is 35.3. The SMILES string of the molecule is CCCCCCC/C=C\C/C=C\C/C=C\CCCCCCCCCCCOCC(COP(=O)(O)OCC[N+](C)(C)C)OC(=O)CCCCCCCCCCCCCCCCCCCCCCC. The number of unbranched alkanes of at least 4 members (excludes halogenated alkanes) is 34. The summed E-state index contributed by atoms with van der Waals surface area (Å²) in [5.41, 5.74) is 0. The minimum Gasteiger partial charge on any atom is -0.457 e. The molecule has 0 spiro atoms. The van der Waals surface area contributed by atoms with E-state index in [-0.39, 0.29) is 25.8 Å². The lowest BCUT2D eigenvalue weighted by Crippen LogP contribution is -2.37. The lowest BCUT2D eigenvalue weighted by atomic mass is 10.0. The average Bonchev–Trinajstić information content (AvgIpc) is 3.29. The summed E-state index contributed by atoms with van der Waals surface area (Å²) >= 11 is 0. The molecule has 396 valence electrons. The van der Waals surface area contributed by atoms with E-state index in [4.69, 9.17) is 18.5 Å². The van der Waals surface area contributed by atoms with Gasteiger partial charge in [0, 0.05) is 13.0 Å². The van der Waals surface area contributed by atoms with Gasteiger partial charge >= 0.3 is 13.8 Å². The fraction of sp³-hybridized carbons (Fsp3) is 0.879. The largest absolute Gasteiger partial charge is 0.472 e. The van der Waals surface area contributed by atoms with Crippen molar-refractivity contribution in [2.45, 2.75) is 277 Å². The smallest absolute Gasteiger partial charge is 0.457 e. The molecule has 67 heavy (non-hydrogen) atoms. The van der Waals surface area contributed by atoms with Crippen LogP contribution >= 0.6 is 7.82 Å². The molecule has 0 aliphatic rings. The van der Waals surface area contributed by atoms with E-state index in [1.54, 1.807) is 0 Å². The molecule has 0 saturated heterocycles. The fourth-order valence-corrected chi connectivity index (χ4v) is 9.01. The third-order valence-corrected chi connectivity index (χ3v) is 13.7. The first-order valence-electron chi connectivity index (χ1n) is 28.7. The minimum atomic E-state index is -4.28. The quantitative estimate of drug-likeness (QED) is 0.0213. The van der Waals surface area contributed by atoms with Gasteiger partial charge in [0.05, 0.1) is 34.4 Å². The first-order chi connectivity index (χ1) is 32.6. The van der Waals surface area contributed by atoms with Crippen molar-refractivity contribution in [2.75, 3.05) is 54.1 Å². The summed E-state index contributed by atoms with van der Waals surface area (Å²) in [6.07, 6.45) is 63.5. The van der Waals surface area contributed by atoms with Gasteiger partial charge in [-0.15, -0.1) is 0 Å². The van der Waals surface area contributed by atoms with Gasteiger partial charge in [0.15, 0.2) is 0 Å². The number of carbonyl (C=O) groups is 1. The lowest BCUT2D eigenvalue weighted by molar-refractivity contribution is -0.870. The van der Waals surface area contributed by atoms with E-state index in [1.807, 2.05) is 21.1 Å². The third kappa shape index (κ3) is 55.5.